The number of thiophene rings is 1. The molecule has 0 saturated carbocycles. The van der Waals surface area contributed by atoms with Crippen LogP contribution < -0.4 is 9.47 Å². The topological polar surface area (TPSA) is 50.4 Å². The summed E-state index contributed by atoms with van der Waals surface area (Å²) in [6.07, 6.45) is 1.01. The van der Waals surface area contributed by atoms with Gasteiger partial charge in [0, 0.05) is 42.9 Å². The number of rotatable bonds is 3. The Balaban J connectivity index is 1.44. The molecule has 4 heterocycles. The van der Waals surface area contributed by atoms with Crippen molar-refractivity contribution in [3.8, 4) is 22.8 Å². The molecule has 6 heteroatoms. The van der Waals surface area contributed by atoms with E-state index in [1.165, 1.54) is 16.8 Å². The van der Waals surface area contributed by atoms with Crippen LogP contribution in [-0.2, 0) is 19.5 Å². The van der Waals surface area contributed by atoms with Crippen molar-refractivity contribution in [2.45, 2.75) is 19.5 Å². The molecular weight excluding hydrogens is 322 g/mol. The van der Waals surface area contributed by atoms with Gasteiger partial charge in [0.1, 0.15) is 0 Å². The van der Waals surface area contributed by atoms with Crippen LogP contribution in [-0.4, -0.2) is 28.4 Å². The van der Waals surface area contributed by atoms with Gasteiger partial charge in [-0.3, -0.25) is 10.00 Å². The Morgan fingerprint density at radius 2 is 2.17 bits per heavy atom. The lowest BCUT2D eigenvalue weighted by Crippen LogP contribution is -2.29. The number of ether oxygens (including phenoxy) is 2. The molecule has 0 radical (unpaired) electrons. The van der Waals surface area contributed by atoms with Gasteiger partial charge in [0.15, 0.2) is 11.5 Å². The number of H-pyrrole nitrogens is 1. The number of nitrogens with zero attached hydrogens (tertiary/aromatic N) is 2. The van der Waals surface area contributed by atoms with Crippen molar-refractivity contribution in [3.63, 3.8) is 0 Å². The molecule has 5 rings (SSSR count). The third kappa shape index (κ3) is 2.39. The van der Waals surface area contributed by atoms with Gasteiger partial charge < -0.3 is 9.47 Å². The summed E-state index contributed by atoms with van der Waals surface area (Å²) in [5.74, 6) is 1.61. The molecule has 2 aliphatic heterocycles. The monoisotopic (exact) mass is 339 g/mol. The molecule has 2 aliphatic rings. The van der Waals surface area contributed by atoms with Crippen molar-refractivity contribution in [2.24, 2.45) is 0 Å². The highest BCUT2D eigenvalue weighted by Crippen LogP contribution is 2.37. The molecule has 122 valence electrons. The summed E-state index contributed by atoms with van der Waals surface area (Å²) in [5.41, 5.74) is 6.05. The lowest BCUT2D eigenvalue weighted by molar-refractivity contribution is 0.174. The maximum Gasteiger partial charge on any atom is 0.231 e. The molecule has 24 heavy (non-hydrogen) atoms. The molecule has 0 atom stereocenters. The SMILES string of the molecule is c1cc(CN2CCc3[nH]nc(-c4ccc5c(c4)OCO5)c3C2)cs1. The van der Waals surface area contributed by atoms with E-state index in [1.807, 2.05) is 12.1 Å². The number of hydrogen-bond acceptors (Lipinski definition) is 5. The second kappa shape index (κ2) is 5.65. The van der Waals surface area contributed by atoms with E-state index in [2.05, 4.69) is 38.0 Å². The minimum absolute atomic E-state index is 0.297. The van der Waals surface area contributed by atoms with Gasteiger partial charge in [-0.25, -0.2) is 0 Å². The van der Waals surface area contributed by atoms with E-state index in [0.29, 0.717) is 6.79 Å². The van der Waals surface area contributed by atoms with Gasteiger partial charge >= 0.3 is 0 Å². The van der Waals surface area contributed by atoms with Crippen molar-refractivity contribution < 1.29 is 9.47 Å². The van der Waals surface area contributed by atoms with Crippen LogP contribution in [0.2, 0.25) is 0 Å². The summed E-state index contributed by atoms with van der Waals surface area (Å²) < 4.78 is 10.9. The lowest BCUT2D eigenvalue weighted by atomic mass is 10.0. The zero-order valence-electron chi connectivity index (χ0n) is 13.1. The van der Waals surface area contributed by atoms with Crippen molar-refractivity contribution in [1.82, 2.24) is 15.1 Å². The summed E-state index contributed by atoms with van der Waals surface area (Å²) in [7, 11) is 0. The Bertz CT molecular complexity index is 873. The predicted molar refractivity (Wildman–Crippen MR) is 92.3 cm³/mol. The summed E-state index contributed by atoms with van der Waals surface area (Å²) in [6, 6.07) is 8.25. The Morgan fingerprint density at radius 1 is 1.21 bits per heavy atom. The first-order valence-electron chi connectivity index (χ1n) is 8.06. The van der Waals surface area contributed by atoms with E-state index < -0.39 is 0 Å². The van der Waals surface area contributed by atoms with Crippen LogP contribution >= 0.6 is 11.3 Å². The highest BCUT2D eigenvalue weighted by atomic mass is 32.1. The molecule has 0 amide bonds. The van der Waals surface area contributed by atoms with E-state index in [9.17, 15) is 0 Å². The second-order valence-corrected chi connectivity index (χ2v) is 6.97. The average Bonchev–Trinajstić information content (AvgIpc) is 3.34. The smallest absolute Gasteiger partial charge is 0.231 e. The zero-order valence-corrected chi connectivity index (χ0v) is 13.9. The second-order valence-electron chi connectivity index (χ2n) is 6.19. The van der Waals surface area contributed by atoms with Gasteiger partial charge in [-0.05, 0) is 40.6 Å². The minimum Gasteiger partial charge on any atom is -0.454 e. The van der Waals surface area contributed by atoms with Crippen LogP contribution in [0, 0.1) is 0 Å². The Labute approximate surface area is 143 Å². The quantitative estimate of drug-likeness (QED) is 0.794. The molecule has 5 nitrogen and oxygen atoms in total. The first-order valence-corrected chi connectivity index (χ1v) is 9.01. The van der Waals surface area contributed by atoms with Crippen LogP contribution in [0.3, 0.4) is 0 Å². The predicted octanol–water partition coefficient (Wildman–Crippen LogP) is 3.43. The molecule has 3 aromatic rings. The van der Waals surface area contributed by atoms with Crippen LogP contribution in [0.5, 0.6) is 11.5 Å². The maximum absolute atomic E-state index is 5.50. The van der Waals surface area contributed by atoms with Crippen LogP contribution in [0.4, 0.5) is 0 Å². The molecule has 2 aromatic heterocycles. The van der Waals surface area contributed by atoms with Crippen LogP contribution in [0.15, 0.2) is 35.0 Å². The van der Waals surface area contributed by atoms with Crippen molar-refractivity contribution in [1.29, 1.82) is 0 Å². The molecule has 0 bridgehead atoms. The number of aromatic amines is 1. The molecular formula is C18H17N3O2S. The van der Waals surface area contributed by atoms with Gasteiger partial charge in [0.25, 0.3) is 0 Å². The van der Waals surface area contributed by atoms with Gasteiger partial charge in [-0.2, -0.15) is 16.4 Å². The van der Waals surface area contributed by atoms with E-state index in [-0.39, 0.29) is 0 Å². The van der Waals surface area contributed by atoms with Crippen LogP contribution in [0.25, 0.3) is 11.3 Å². The molecule has 0 fully saturated rings. The first-order chi connectivity index (χ1) is 11.9. The van der Waals surface area contributed by atoms with Crippen molar-refractivity contribution in [3.05, 3.63) is 51.8 Å². The highest BCUT2D eigenvalue weighted by molar-refractivity contribution is 7.07. The molecule has 1 aromatic carbocycles. The summed E-state index contributed by atoms with van der Waals surface area (Å²) in [4.78, 5) is 2.48. The normalized spacial score (nSPS) is 16.3. The fraction of sp³-hybridized carbons (Fsp3) is 0.278. The van der Waals surface area contributed by atoms with E-state index in [0.717, 1.165) is 48.8 Å². The average molecular weight is 339 g/mol. The summed E-state index contributed by atoms with van der Waals surface area (Å²) in [6.45, 7) is 3.28. The third-order valence-corrected chi connectivity index (χ3v) is 5.38. The van der Waals surface area contributed by atoms with Gasteiger partial charge in [-0.1, -0.05) is 0 Å². The molecule has 1 N–H and O–H groups in total. The van der Waals surface area contributed by atoms with Crippen molar-refractivity contribution >= 4 is 11.3 Å². The standard InChI is InChI=1S/C18H17N3O2S/c1-2-16-17(23-11-22-16)7-13(1)18-14-9-21(5-3-15(14)19-20-18)8-12-4-6-24-10-12/h1-2,4,6-7,10H,3,5,8-9,11H2,(H,19,20). The molecule has 0 spiro atoms. The minimum atomic E-state index is 0.297. The van der Waals surface area contributed by atoms with Crippen molar-refractivity contribution in [2.75, 3.05) is 13.3 Å². The molecule has 0 unspecified atom stereocenters. The van der Waals surface area contributed by atoms with Crippen LogP contribution in [0.1, 0.15) is 16.8 Å². The Hall–Kier alpha value is -2.31. The fourth-order valence-electron chi connectivity index (χ4n) is 3.41. The highest BCUT2D eigenvalue weighted by Gasteiger charge is 2.24. The number of benzene rings is 1. The summed E-state index contributed by atoms with van der Waals surface area (Å²) >= 11 is 1.76. The Morgan fingerprint density at radius 3 is 3.08 bits per heavy atom. The maximum atomic E-state index is 5.50. The lowest BCUT2D eigenvalue weighted by Gasteiger charge is -2.26. The molecule has 0 aliphatic carbocycles. The third-order valence-electron chi connectivity index (χ3n) is 4.64. The van der Waals surface area contributed by atoms with E-state index >= 15 is 0 Å². The van der Waals surface area contributed by atoms with Gasteiger partial charge in [-0.15, -0.1) is 0 Å². The van der Waals surface area contributed by atoms with Gasteiger partial charge in [0.2, 0.25) is 6.79 Å². The number of hydrogen-bond donors (Lipinski definition) is 1. The first kappa shape index (κ1) is 14.1. The molecule has 0 saturated heterocycles. The summed E-state index contributed by atoms with van der Waals surface area (Å²) in [5, 5.41) is 12.2. The Kier molecular flexibility index (Phi) is 3.31. The number of fused-ring (bicyclic) bond motifs is 2. The number of aromatic nitrogens is 2. The number of nitrogens with one attached hydrogen (secondary N) is 1. The largest absolute Gasteiger partial charge is 0.454 e. The zero-order chi connectivity index (χ0) is 15.9. The van der Waals surface area contributed by atoms with Gasteiger partial charge in [0.05, 0.1) is 5.69 Å². The van der Waals surface area contributed by atoms with E-state index in [4.69, 9.17) is 9.47 Å². The fourth-order valence-corrected chi connectivity index (χ4v) is 4.07. The van der Waals surface area contributed by atoms with E-state index in [1.54, 1.807) is 11.3 Å².